The zero-order chi connectivity index (χ0) is 19.8. The molecule has 0 bridgehead atoms. The first-order valence-corrected chi connectivity index (χ1v) is 9.14. The second-order valence-corrected chi connectivity index (χ2v) is 6.60. The first kappa shape index (κ1) is 20.8. The Morgan fingerprint density at radius 1 is 1.11 bits per heavy atom. The first-order chi connectivity index (χ1) is 12.9. The molecule has 1 aromatic rings. The smallest absolute Gasteiger partial charge is 0.223 e. The van der Waals surface area contributed by atoms with Crippen molar-refractivity contribution in [3.63, 3.8) is 0 Å². The minimum atomic E-state index is -0.657. The van der Waals surface area contributed by atoms with E-state index in [-0.39, 0.29) is 30.6 Å². The molecule has 0 aliphatic carbocycles. The monoisotopic (exact) mass is 381 g/mol. The molecule has 2 rings (SSSR count). The molecule has 0 aromatic heterocycles. The van der Waals surface area contributed by atoms with Crippen LogP contribution in [-0.2, 0) is 14.4 Å². The van der Waals surface area contributed by atoms with E-state index < -0.39 is 17.7 Å². The van der Waals surface area contributed by atoms with Crippen LogP contribution in [0.4, 0.5) is 8.78 Å². The summed E-state index contributed by atoms with van der Waals surface area (Å²) in [6.07, 6.45) is 2.32. The molecular formula is C19H25F2N3O3. The van der Waals surface area contributed by atoms with E-state index in [0.29, 0.717) is 31.6 Å². The quantitative estimate of drug-likeness (QED) is 0.710. The molecule has 27 heavy (non-hydrogen) atoms. The highest BCUT2D eigenvalue weighted by Gasteiger charge is 2.29. The molecule has 1 aromatic carbocycles. The third kappa shape index (κ3) is 6.30. The summed E-state index contributed by atoms with van der Waals surface area (Å²) >= 11 is 0. The molecular weight excluding hydrogens is 356 g/mol. The lowest BCUT2D eigenvalue weighted by molar-refractivity contribution is -0.137. The summed E-state index contributed by atoms with van der Waals surface area (Å²) in [5.74, 6) is -1.99. The Morgan fingerprint density at radius 2 is 1.85 bits per heavy atom. The van der Waals surface area contributed by atoms with Gasteiger partial charge in [-0.25, -0.2) is 8.78 Å². The van der Waals surface area contributed by atoms with Gasteiger partial charge in [-0.15, -0.1) is 0 Å². The van der Waals surface area contributed by atoms with Crippen molar-refractivity contribution in [3.05, 3.63) is 35.4 Å². The lowest BCUT2D eigenvalue weighted by atomic mass is 9.94. The Bertz CT molecular complexity index is 697. The molecule has 1 atom stereocenters. The molecule has 3 amide bonds. The minimum Gasteiger partial charge on any atom is -0.355 e. The maximum atomic E-state index is 14.1. The van der Waals surface area contributed by atoms with Crippen LogP contribution in [0, 0.1) is 11.6 Å². The van der Waals surface area contributed by atoms with Gasteiger partial charge < -0.3 is 15.5 Å². The van der Waals surface area contributed by atoms with Gasteiger partial charge >= 0.3 is 0 Å². The minimum absolute atomic E-state index is 0.0191. The maximum Gasteiger partial charge on any atom is 0.223 e. The number of nitrogens with one attached hydrogen (secondary N) is 2. The Kier molecular flexibility index (Phi) is 7.69. The van der Waals surface area contributed by atoms with E-state index in [2.05, 4.69) is 10.6 Å². The van der Waals surface area contributed by atoms with E-state index in [9.17, 15) is 23.2 Å². The van der Waals surface area contributed by atoms with Crippen LogP contribution >= 0.6 is 0 Å². The van der Waals surface area contributed by atoms with E-state index in [0.717, 1.165) is 18.9 Å². The SMILES string of the molecule is CC(=O)NCCNC(=O)CCC(=O)N1CCCCC1c1ccc(F)cc1F. The van der Waals surface area contributed by atoms with Gasteiger partial charge in [0.25, 0.3) is 0 Å². The number of nitrogens with zero attached hydrogens (tertiary/aromatic N) is 1. The Morgan fingerprint density at radius 3 is 2.56 bits per heavy atom. The van der Waals surface area contributed by atoms with E-state index in [1.54, 1.807) is 4.90 Å². The van der Waals surface area contributed by atoms with Gasteiger partial charge in [-0.1, -0.05) is 6.07 Å². The normalized spacial score (nSPS) is 16.7. The fraction of sp³-hybridized carbons (Fsp3) is 0.526. The summed E-state index contributed by atoms with van der Waals surface area (Å²) in [6, 6.07) is 2.97. The van der Waals surface area contributed by atoms with Gasteiger partial charge in [-0.2, -0.15) is 0 Å². The number of piperidine rings is 1. The second kappa shape index (κ2) is 9.99. The van der Waals surface area contributed by atoms with Crippen molar-refractivity contribution in [1.29, 1.82) is 0 Å². The molecule has 1 heterocycles. The highest BCUT2D eigenvalue weighted by molar-refractivity contribution is 5.84. The van der Waals surface area contributed by atoms with Gasteiger partial charge in [0.1, 0.15) is 11.6 Å². The number of carbonyl (C=O) groups is 3. The standard InChI is InChI=1S/C19H25F2N3O3/c1-13(25)22-9-10-23-18(26)7-8-19(27)24-11-3-2-4-17(24)15-6-5-14(20)12-16(15)21/h5-6,12,17H,2-4,7-11H2,1H3,(H,22,25)(H,23,26). The summed E-state index contributed by atoms with van der Waals surface area (Å²) < 4.78 is 27.3. The summed E-state index contributed by atoms with van der Waals surface area (Å²) in [5.41, 5.74) is 0.309. The molecule has 1 aliphatic rings. The lowest BCUT2D eigenvalue weighted by Crippen LogP contribution is -2.39. The molecule has 2 N–H and O–H groups in total. The summed E-state index contributed by atoms with van der Waals surface area (Å²) in [6.45, 7) is 2.50. The van der Waals surface area contributed by atoms with Crippen molar-refractivity contribution >= 4 is 17.7 Å². The number of rotatable bonds is 7. The molecule has 0 spiro atoms. The van der Waals surface area contributed by atoms with Gasteiger partial charge in [0.2, 0.25) is 17.7 Å². The highest BCUT2D eigenvalue weighted by Crippen LogP contribution is 2.33. The second-order valence-electron chi connectivity index (χ2n) is 6.60. The molecule has 0 radical (unpaired) electrons. The third-order valence-corrected chi connectivity index (χ3v) is 4.53. The number of hydrogen-bond donors (Lipinski definition) is 2. The van der Waals surface area contributed by atoms with E-state index >= 15 is 0 Å². The predicted octanol–water partition coefficient (Wildman–Crippen LogP) is 2.05. The first-order valence-electron chi connectivity index (χ1n) is 9.14. The molecule has 6 nitrogen and oxygen atoms in total. The number of amides is 3. The Labute approximate surface area is 157 Å². The fourth-order valence-electron chi connectivity index (χ4n) is 3.22. The highest BCUT2D eigenvalue weighted by atomic mass is 19.1. The maximum absolute atomic E-state index is 14.1. The Hall–Kier alpha value is -2.51. The van der Waals surface area contributed by atoms with Crippen LogP contribution in [0.25, 0.3) is 0 Å². The largest absolute Gasteiger partial charge is 0.355 e. The summed E-state index contributed by atoms with van der Waals surface area (Å²) in [5, 5.41) is 5.19. The number of benzene rings is 1. The summed E-state index contributed by atoms with van der Waals surface area (Å²) in [7, 11) is 0. The van der Waals surface area contributed by atoms with E-state index in [4.69, 9.17) is 0 Å². The van der Waals surface area contributed by atoms with Gasteiger partial charge in [0, 0.05) is 51.0 Å². The van der Waals surface area contributed by atoms with Crippen molar-refractivity contribution in [2.24, 2.45) is 0 Å². The van der Waals surface area contributed by atoms with Crippen LogP contribution < -0.4 is 10.6 Å². The zero-order valence-corrected chi connectivity index (χ0v) is 15.4. The van der Waals surface area contributed by atoms with E-state index in [1.807, 2.05) is 0 Å². The van der Waals surface area contributed by atoms with Crippen molar-refractivity contribution in [3.8, 4) is 0 Å². The predicted molar refractivity (Wildman–Crippen MR) is 95.6 cm³/mol. The third-order valence-electron chi connectivity index (χ3n) is 4.53. The number of likely N-dealkylation sites (tertiary alicyclic amines) is 1. The Balaban J connectivity index is 1.89. The van der Waals surface area contributed by atoms with Crippen LogP contribution in [0.2, 0.25) is 0 Å². The van der Waals surface area contributed by atoms with Crippen molar-refractivity contribution < 1.29 is 23.2 Å². The molecule has 1 aliphatic heterocycles. The van der Waals surface area contributed by atoms with Crippen LogP contribution in [0.1, 0.15) is 50.6 Å². The molecule has 148 valence electrons. The average molecular weight is 381 g/mol. The van der Waals surface area contributed by atoms with E-state index in [1.165, 1.54) is 19.1 Å². The molecule has 1 fully saturated rings. The number of carbonyl (C=O) groups excluding carboxylic acids is 3. The van der Waals surface area contributed by atoms with Crippen LogP contribution in [0.3, 0.4) is 0 Å². The molecule has 8 heteroatoms. The topological polar surface area (TPSA) is 78.5 Å². The molecule has 0 saturated carbocycles. The molecule has 1 unspecified atom stereocenters. The van der Waals surface area contributed by atoms with Crippen LogP contribution in [0.5, 0.6) is 0 Å². The van der Waals surface area contributed by atoms with Gasteiger partial charge in [-0.05, 0) is 25.3 Å². The zero-order valence-electron chi connectivity index (χ0n) is 15.4. The molecule has 1 saturated heterocycles. The van der Waals surface area contributed by atoms with Crippen molar-refractivity contribution in [1.82, 2.24) is 15.5 Å². The van der Waals surface area contributed by atoms with Crippen molar-refractivity contribution in [2.75, 3.05) is 19.6 Å². The van der Waals surface area contributed by atoms with Gasteiger partial charge in [0.15, 0.2) is 0 Å². The van der Waals surface area contributed by atoms with Crippen molar-refractivity contribution in [2.45, 2.75) is 45.1 Å². The summed E-state index contributed by atoms with van der Waals surface area (Å²) in [4.78, 5) is 36.7. The lowest BCUT2D eigenvalue weighted by Gasteiger charge is -2.36. The van der Waals surface area contributed by atoms with Crippen LogP contribution in [0.15, 0.2) is 18.2 Å². The van der Waals surface area contributed by atoms with Gasteiger partial charge in [-0.3, -0.25) is 14.4 Å². The number of halogens is 2. The van der Waals surface area contributed by atoms with Crippen LogP contribution in [-0.4, -0.2) is 42.3 Å². The fourth-order valence-corrected chi connectivity index (χ4v) is 3.22. The number of hydrogen-bond acceptors (Lipinski definition) is 3. The van der Waals surface area contributed by atoms with Gasteiger partial charge in [0.05, 0.1) is 6.04 Å². The average Bonchev–Trinajstić information content (AvgIpc) is 2.63.